The van der Waals surface area contributed by atoms with Crippen molar-refractivity contribution in [1.82, 2.24) is 5.32 Å². The summed E-state index contributed by atoms with van der Waals surface area (Å²) in [5, 5.41) is 33.1. The van der Waals surface area contributed by atoms with Crippen LogP contribution in [0.15, 0.2) is 115 Å². The van der Waals surface area contributed by atoms with Crippen molar-refractivity contribution in [3.8, 4) is 5.75 Å². The number of primary amides is 1. The Morgan fingerprint density at radius 3 is 1.53 bits per heavy atom. The van der Waals surface area contributed by atoms with E-state index in [-0.39, 0.29) is 56.7 Å². The molecule has 0 radical (unpaired) electrons. The van der Waals surface area contributed by atoms with Crippen LogP contribution in [-0.2, 0) is 9.59 Å². The lowest BCUT2D eigenvalue weighted by atomic mass is 10.1. The Hall–Kier alpha value is -8.41. The van der Waals surface area contributed by atoms with Crippen LogP contribution in [0.3, 0.4) is 0 Å². The minimum Gasteiger partial charge on any atom is -0.489 e. The number of nitro benzene ring substituents is 1. The summed E-state index contributed by atoms with van der Waals surface area (Å²) in [4.78, 5) is 98.3. The average Bonchev–Trinajstić information content (AvgIpc) is 3.21. The number of benzene rings is 5. The molecule has 0 aromatic heterocycles. The van der Waals surface area contributed by atoms with Gasteiger partial charge in [0, 0.05) is 51.4 Å². The van der Waals surface area contributed by atoms with Gasteiger partial charge in [0.25, 0.3) is 29.3 Å². The van der Waals surface area contributed by atoms with Crippen molar-refractivity contribution < 1.29 is 48.3 Å². The molecule has 5 aromatic rings. The van der Waals surface area contributed by atoms with Gasteiger partial charge in [-0.25, -0.2) is 4.79 Å². The fraction of sp³-hybridized carbons (Fsp3) is 0.119. The molecule has 0 heterocycles. The van der Waals surface area contributed by atoms with Gasteiger partial charge in [-0.2, -0.15) is 0 Å². The van der Waals surface area contributed by atoms with E-state index >= 15 is 0 Å². The van der Waals surface area contributed by atoms with E-state index in [2.05, 4.69) is 26.6 Å². The highest BCUT2D eigenvalue weighted by Crippen LogP contribution is 2.29. The van der Waals surface area contributed by atoms with Crippen LogP contribution in [0.25, 0.3) is 0 Å². The van der Waals surface area contributed by atoms with E-state index in [1.54, 1.807) is 13.8 Å². The van der Waals surface area contributed by atoms with Crippen LogP contribution in [-0.4, -0.2) is 63.6 Å². The summed E-state index contributed by atoms with van der Waals surface area (Å²) in [7, 11) is 0. The van der Waals surface area contributed by atoms with Gasteiger partial charge < -0.3 is 42.2 Å². The number of nitro groups is 1. The van der Waals surface area contributed by atoms with Crippen LogP contribution in [0.1, 0.15) is 72.1 Å². The van der Waals surface area contributed by atoms with Crippen LogP contribution in [0.2, 0.25) is 0 Å². The summed E-state index contributed by atoms with van der Waals surface area (Å²) >= 11 is 0. The molecular weight excluding hydrogens is 778 g/mol. The van der Waals surface area contributed by atoms with E-state index in [9.17, 15) is 43.7 Å². The topological polar surface area (TPSA) is 278 Å². The van der Waals surface area contributed by atoms with Crippen molar-refractivity contribution in [3.05, 3.63) is 153 Å². The first kappa shape index (κ1) is 42.7. The zero-order valence-electron chi connectivity index (χ0n) is 31.9. The first-order valence-corrected chi connectivity index (χ1v) is 18.0. The highest BCUT2D eigenvalue weighted by atomic mass is 16.6. The van der Waals surface area contributed by atoms with Crippen LogP contribution in [0, 0.1) is 10.1 Å². The third kappa shape index (κ3) is 11.6. The van der Waals surface area contributed by atoms with Crippen LogP contribution in [0.5, 0.6) is 5.75 Å². The molecule has 0 spiro atoms. The molecule has 8 N–H and O–H groups in total. The summed E-state index contributed by atoms with van der Waals surface area (Å²) in [5.41, 5.74) is 7.08. The monoisotopic (exact) mass is 815 g/mol. The number of carboxylic acids is 1. The molecule has 0 saturated heterocycles. The molecule has 1 atom stereocenters. The third-order valence-corrected chi connectivity index (χ3v) is 8.43. The average molecular weight is 816 g/mol. The number of aromatic carboxylic acids is 1. The second-order valence-corrected chi connectivity index (χ2v) is 13.3. The number of carboxylic acid groups (broad SMARTS) is 1. The van der Waals surface area contributed by atoms with Crippen LogP contribution >= 0.6 is 0 Å². The van der Waals surface area contributed by atoms with Crippen molar-refractivity contribution >= 4 is 69.8 Å². The molecule has 6 amide bonds. The number of anilines is 4. The lowest BCUT2D eigenvalue weighted by molar-refractivity contribution is -0.384. The van der Waals surface area contributed by atoms with E-state index in [1.807, 2.05) is 0 Å². The van der Waals surface area contributed by atoms with Gasteiger partial charge in [0.05, 0.1) is 28.7 Å². The van der Waals surface area contributed by atoms with E-state index in [4.69, 9.17) is 15.6 Å². The van der Waals surface area contributed by atoms with Crippen LogP contribution < -0.4 is 37.1 Å². The second-order valence-electron chi connectivity index (χ2n) is 13.3. The quantitative estimate of drug-likeness (QED) is 0.0486. The van der Waals surface area contributed by atoms with E-state index < -0.39 is 58.8 Å². The molecule has 0 bridgehead atoms. The van der Waals surface area contributed by atoms with E-state index in [0.29, 0.717) is 11.4 Å². The number of rotatable bonds is 16. The number of nitrogens with two attached hydrogens (primary N) is 1. The Balaban J connectivity index is 1.19. The fourth-order valence-electron chi connectivity index (χ4n) is 5.44. The molecule has 0 aliphatic rings. The highest BCUT2D eigenvalue weighted by molar-refractivity contribution is 6.08. The minimum atomic E-state index is -1.39. The number of nitrogens with one attached hydrogen (secondary N) is 5. The predicted octanol–water partition coefficient (Wildman–Crippen LogP) is 5.45. The van der Waals surface area contributed by atoms with Gasteiger partial charge in [0.1, 0.15) is 11.8 Å². The second kappa shape index (κ2) is 19.2. The standard InChI is InChI=1S/C42H37N7O11/c1-23(2)60-35-21-28(40(54)45-30-16-7-27(8-17-30)42(56)57)11-20-33(35)47-38(52)24-5-14-31(15-6-24)46-41(55)34(22-36(43)50)48-39(53)25-3-12-29(13-4-25)44-37(51)26-9-18-32(19-10-26)49(58)59/h3-21,23,34H,22H2,1-2H3,(H2,43,50)(H,44,51)(H,45,54)(H,46,55)(H,47,52)(H,48,53)(H,56,57)/t34-/m0/s1. The largest absolute Gasteiger partial charge is 0.489 e. The molecule has 18 nitrogen and oxygen atoms in total. The molecule has 5 aromatic carbocycles. The molecule has 5 rings (SSSR count). The highest BCUT2D eigenvalue weighted by Gasteiger charge is 2.24. The summed E-state index contributed by atoms with van der Waals surface area (Å²) in [6.45, 7) is 3.53. The van der Waals surface area contributed by atoms with Gasteiger partial charge in [-0.1, -0.05) is 0 Å². The number of ether oxygens (including phenoxy) is 1. The maximum Gasteiger partial charge on any atom is 0.335 e. The summed E-state index contributed by atoms with van der Waals surface area (Å²) in [5.74, 6) is -4.85. The number of non-ortho nitro benzene ring substituents is 1. The van der Waals surface area contributed by atoms with Crippen molar-refractivity contribution in [2.75, 3.05) is 21.3 Å². The van der Waals surface area contributed by atoms with Crippen molar-refractivity contribution in [3.63, 3.8) is 0 Å². The maximum absolute atomic E-state index is 13.3. The Morgan fingerprint density at radius 1 is 0.617 bits per heavy atom. The Bertz CT molecular complexity index is 2450. The maximum atomic E-state index is 13.3. The number of hydrogen-bond acceptors (Lipinski definition) is 10. The molecule has 0 saturated carbocycles. The molecule has 60 heavy (non-hydrogen) atoms. The van der Waals surface area contributed by atoms with Gasteiger partial charge in [0.2, 0.25) is 11.8 Å². The van der Waals surface area contributed by atoms with Gasteiger partial charge in [0.15, 0.2) is 0 Å². The third-order valence-electron chi connectivity index (χ3n) is 8.43. The smallest absolute Gasteiger partial charge is 0.335 e. The van der Waals surface area contributed by atoms with Gasteiger partial charge in [-0.3, -0.25) is 38.9 Å². The molecule has 0 fully saturated rings. The Labute approximate surface area is 341 Å². The Morgan fingerprint density at radius 2 is 1.05 bits per heavy atom. The van der Waals surface area contributed by atoms with Crippen molar-refractivity contribution in [2.24, 2.45) is 5.73 Å². The zero-order chi connectivity index (χ0) is 43.5. The molecule has 0 aliphatic heterocycles. The number of carbonyl (C=O) groups is 7. The molecular formula is C42H37N7O11. The summed E-state index contributed by atoms with van der Waals surface area (Å²) in [6.07, 6.45) is -0.867. The summed E-state index contributed by atoms with van der Waals surface area (Å²) < 4.78 is 5.87. The first-order chi connectivity index (χ1) is 28.6. The number of amides is 6. The van der Waals surface area contributed by atoms with Crippen molar-refractivity contribution in [1.29, 1.82) is 0 Å². The number of nitrogens with zero attached hydrogens (tertiary/aromatic N) is 1. The Kier molecular flexibility index (Phi) is 13.6. The van der Waals surface area contributed by atoms with Gasteiger partial charge >= 0.3 is 5.97 Å². The fourth-order valence-corrected chi connectivity index (χ4v) is 5.44. The predicted molar refractivity (Wildman–Crippen MR) is 219 cm³/mol. The lowest BCUT2D eigenvalue weighted by Gasteiger charge is -2.18. The van der Waals surface area contributed by atoms with Gasteiger partial charge in [-0.05, 0) is 117 Å². The minimum absolute atomic E-state index is 0.0628. The normalized spacial score (nSPS) is 11.1. The van der Waals surface area contributed by atoms with E-state index in [0.717, 1.165) is 0 Å². The SMILES string of the molecule is CC(C)Oc1cc(C(=O)Nc2ccc(C(=O)O)cc2)ccc1NC(=O)c1ccc(NC(=O)[C@H](CC(N)=O)NC(=O)c2ccc(NC(=O)c3ccc([N+](=O)[O-])cc3)cc2)cc1. The molecule has 0 aliphatic carbocycles. The molecule has 0 unspecified atom stereocenters. The zero-order valence-corrected chi connectivity index (χ0v) is 31.9. The molecule has 306 valence electrons. The molecule has 18 heteroatoms. The number of hydrogen-bond donors (Lipinski definition) is 7. The number of carbonyl (C=O) groups excluding carboxylic acids is 6. The first-order valence-electron chi connectivity index (χ1n) is 18.0. The van der Waals surface area contributed by atoms with Gasteiger partial charge in [-0.15, -0.1) is 0 Å². The van der Waals surface area contributed by atoms with Crippen LogP contribution in [0.4, 0.5) is 28.4 Å². The van der Waals surface area contributed by atoms with E-state index in [1.165, 1.54) is 115 Å². The summed E-state index contributed by atoms with van der Waals surface area (Å²) in [6, 6.07) is 25.0. The van der Waals surface area contributed by atoms with Crippen molar-refractivity contribution in [2.45, 2.75) is 32.4 Å². The lowest BCUT2D eigenvalue weighted by Crippen LogP contribution is -2.46.